The lowest BCUT2D eigenvalue weighted by molar-refractivity contribution is -0.116. The molecule has 4 N–H and O–H groups in total. The summed E-state index contributed by atoms with van der Waals surface area (Å²) < 4.78 is 0. The van der Waals surface area contributed by atoms with Gasteiger partial charge >= 0.3 is 6.03 Å². The number of amides is 3. The Morgan fingerprint density at radius 3 is 2.55 bits per heavy atom. The van der Waals surface area contributed by atoms with Crippen molar-refractivity contribution < 1.29 is 9.59 Å². The lowest BCUT2D eigenvalue weighted by Gasteiger charge is -2.12. The van der Waals surface area contributed by atoms with E-state index in [1.807, 2.05) is 61.5 Å². The molecule has 1 heterocycles. The molecule has 1 atom stereocenters. The molecule has 3 aromatic rings. The number of nitrogens with one attached hydrogen (secondary N) is 4. The normalized spacial score (nSPS) is 12.0. The van der Waals surface area contributed by atoms with Crippen LogP contribution in [0.4, 0.5) is 4.79 Å². The van der Waals surface area contributed by atoms with E-state index in [1.54, 1.807) is 6.08 Å². The Balaban J connectivity index is 1.32. The highest BCUT2D eigenvalue weighted by Crippen LogP contribution is 2.15. The molecule has 7 nitrogen and oxygen atoms in total. The molecule has 0 fully saturated rings. The lowest BCUT2D eigenvalue weighted by Crippen LogP contribution is -2.38. The smallest absolute Gasteiger partial charge is 0.315 e. The number of aromatic amines is 1. The molecule has 2 aromatic carbocycles. The maximum absolute atomic E-state index is 12.0. The first-order valence-electron chi connectivity index (χ1n) is 9.62. The molecule has 7 heteroatoms. The maximum atomic E-state index is 12.0. The van der Waals surface area contributed by atoms with Gasteiger partial charge in [0.1, 0.15) is 5.82 Å². The number of aromatic nitrogens is 2. The number of nitrogens with zero attached hydrogens (tertiary/aromatic N) is 1. The summed E-state index contributed by atoms with van der Waals surface area (Å²) in [6.45, 7) is 2.81. The average molecular weight is 391 g/mol. The highest BCUT2D eigenvalue weighted by Gasteiger charge is 2.13. The Morgan fingerprint density at radius 1 is 1.03 bits per heavy atom. The van der Waals surface area contributed by atoms with Crippen LogP contribution in [-0.4, -0.2) is 35.0 Å². The molecule has 3 rings (SSSR count). The molecule has 29 heavy (non-hydrogen) atoms. The molecule has 3 amide bonds. The zero-order valence-corrected chi connectivity index (χ0v) is 16.3. The summed E-state index contributed by atoms with van der Waals surface area (Å²) in [4.78, 5) is 31.5. The van der Waals surface area contributed by atoms with Crippen LogP contribution in [0, 0.1) is 0 Å². The van der Waals surface area contributed by atoms with Gasteiger partial charge in [0.05, 0.1) is 17.1 Å². The number of H-pyrrole nitrogens is 1. The number of hydrogen-bond donors (Lipinski definition) is 4. The topological polar surface area (TPSA) is 98.9 Å². The van der Waals surface area contributed by atoms with Crippen LogP contribution in [-0.2, 0) is 4.79 Å². The third-order valence-corrected chi connectivity index (χ3v) is 4.33. The molecule has 0 bridgehead atoms. The minimum Gasteiger partial charge on any atom is -0.352 e. The number of carbonyl (C=O) groups is 2. The third kappa shape index (κ3) is 6.21. The number of urea groups is 1. The van der Waals surface area contributed by atoms with E-state index < -0.39 is 0 Å². The Morgan fingerprint density at radius 2 is 1.76 bits per heavy atom. The van der Waals surface area contributed by atoms with Gasteiger partial charge in [-0.2, -0.15) is 0 Å². The second kappa shape index (κ2) is 10.1. The van der Waals surface area contributed by atoms with Crippen molar-refractivity contribution in [1.29, 1.82) is 0 Å². The van der Waals surface area contributed by atoms with Crippen LogP contribution in [0.1, 0.15) is 30.8 Å². The number of fused-ring (bicyclic) bond motifs is 1. The van der Waals surface area contributed by atoms with Crippen LogP contribution in [0.25, 0.3) is 17.1 Å². The Bertz CT molecular complexity index is 948. The number of para-hydroxylation sites is 2. The highest BCUT2D eigenvalue weighted by molar-refractivity contribution is 5.91. The van der Waals surface area contributed by atoms with Crippen molar-refractivity contribution in [2.45, 2.75) is 19.4 Å². The summed E-state index contributed by atoms with van der Waals surface area (Å²) in [5.41, 5.74) is 2.78. The lowest BCUT2D eigenvalue weighted by atomic mass is 10.2. The molecular formula is C22H25N5O2. The van der Waals surface area contributed by atoms with Gasteiger partial charge in [0.25, 0.3) is 0 Å². The van der Waals surface area contributed by atoms with Crippen LogP contribution in [0.5, 0.6) is 0 Å². The molecule has 0 aliphatic carbocycles. The molecule has 1 unspecified atom stereocenters. The van der Waals surface area contributed by atoms with Crippen LogP contribution in [0.3, 0.4) is 0 Å². The number of benzene rings is 2. The summed E-state index contributed by atoms with van der Waals surface area (Å²) in [7, 11) is 0. The Labute approximate surface area is 169 Å². The van der Waals surface area contributed by atoms with Crippen molar-refractivity contribution in [2.75, 3.05) is 13.1 Å². The van der Waals surface area contributed by atoms with Gasteiger partial charge in [0, 0.05) is 19.2 Å². The molecule has 0 saturated carbocycles. The number of rotatable bonds is 8. The second-order valence-electron chi connectivity index (χ2n) is 6.65. The van der Waals surface area contributed by atoms with Crippen molar-refractivity contribution in [2.24, 2.45) is 0 Å². The van der Waals surface area contributed by atoms with Crippen LogP contribution in [0.15, 0.2) is 60.7 Å². The minimum absolute atomic E-state index is 0.156. The molecule has 0 radical (unpaired) electrons. The molecule has 0 aliphatic heterocycles. The first-order valence-corrected chi connectivity index (χ1v) is 9.62. The van der Waals surface area contributed by atoms with E-state index in [1.165, 1.54) is 6.08 Å². The minimum atomic E-state index is -0.270. The van der Waals surface area contributed by atoms with Gasteiger partial charge in [0.15, 0.2) is 0 Å². The van der Waals surface area contributed by atoms with Gasteiger partial charge in [-0.25, -0.2) is 9.78 Å². The number of hydrogen-bond acceptors (Lipinski definition) is 3. The van der Waals surface area contributed by atoms with Crippen LogP contribution < -0.4 is 16.0 Å². The molecule has 0 spiro atoms. The number of carbonyl (C=O) groups excluding carboxylic acids is 2. The first kappa shape index (κ1) is 20.1. The fourth-order valence-electron chi connectivity index (χ4n) is 2.79. The van der Waals surface area contributed by atoms with Gasteiger partial charge in [-0.1, -0.05) is 42.5 Å². The monoisotopic (exact) mass is 391 g/mol. The average Bonchev–Trinajstić information content (AvgIpc) is 3.17. The summed E-state index contributed by atoms with van der Waals surface area (Å²) in [6, 6.07) is 16.8. The fourth-order valence-corrected chi connectivity index (χ4v) is 2.79. The zero-order chi connectivity index (χ0) is 20.5. The van der Waals surface area contributed by atoms with E-state index in [0.717, 1.165) is 16.6 Å². The van der Waals surface area contributed by atoms with E-state index >= 15 is 0 Å². The molecular weight excluding hydrogens is 366 g/mol. The van der Waals surface area contributed by atoms with Gasteiger partial charge in [-0.05, 0) is 37.1 Å². The van der Waals surface area contributed by atoms with E-state index in [-0.39, 0.29) is 18.0 Å². The fraction of sp³-hybridized carbons (Fsp3) is 0.227. The first-order chi connectivity index (χ1) is 14.1. The molecule has 0 aliphatic rings. The molecule has 150 valence electrons. The van der Waals surface area contributed by atoms with Crippen molar-refractivity contribution in [3.8, 4) is 0 Å². The standard InChI is InChI=1S/C22H25N5O2/c1-16(21-26-18-10-5-6-11-19(18)27-21)25-22(29)24-15-7-14-23-20(28)13-12-17-8-3-2-4-9-17/h2-6,8-13,16H,7,14-15H2,1H3,(H,23,28)(H,26,27)(H2,24,25,29)/b13-12+. The van der Waals surface area contributed by atoms with E-state index in [2.05, 4.69) is 25.9 Å². The predicted molar refractivity (Wildman–Crippen MR) is 114 cm³/mol. The molecule has 0 saturated heterocycles. The van der Waals surface area contributed by atoms with Crippen molar-refractivity contribution in [3.63, 3.8) is 0 Å². The predicted octanol–water partition coefficient (Wildman–Crippen LogP) is 3.14. The maximum Gasteiger partial charge on any atom is 0.315 e. The van der Waals surface area contributed by atoms with Gasteiger partial charge < -0.3 is 20.9 Å². The van der Waals surface area contributed by atoms with E-state index in [4.69, 9.17) is 0 Å². The summed E-state index contributed by atoms with van der Waals surface area (Å²) in [6.07, 6.45) is 3.91. The van der Waals surface area contributed by atoms with E-state index in [0.29, 0.717) is 25.3 Å². The SMILES string of the molecule is CC(NC(=O)NCCCNC(=O)/C=C/c1ccccc1)c1nc2ccccc2[nH]1. The van der Waals surface area contributed by atoms with Gasteiger partial charge in [-0.15, -0.1) is 0 Å². The summed E-state index contributed by atoms with van der Waals surface area (Å²) >= 11 is 0. The third-order valence-electron chi connectivity index (χ3n) is 4.33. The Kier molecular flexibility index (Phi) is 7.00. The largest absolute Gasteiger partial charge is 0.352 e. The van der Waals surface area contributed by atoms with Gasteiger partial charge in [0.2, 0.25) is 5.91 Å². The highest BCUT2D eigenvalue weighted by atomic mass is 16.2. The summed E-state index contributed by atoms with van der Waals surface area (Å²) in [5.74, 6) is 0.552. The van der Waals surface area contributed by atoms with Crippen molar-refractivity contribution in [3.05, 3.63) is 72.1 Å². The number of imidazole rings is 1. The van der Waals surface area contributed by atoms with Crippen LogP contribution >= 0.6 is 0 Å². The zero-order valence-electron chi connectivity index (χ0n) is 16.3. The van der Waals surface area contributed by atoms with Crippen molar-refractivity contribution in [1.82, 2.24) is 25.9 Å². The van der Waals surface area contributed by atoms with Crippen LogP contribution in [0.2, 0.25) is 0 Å². The quantitative estimate of drug-likeness (QED) is 0.351. The van der Waals surface area contributed by atoms with Crippen molar-refractivity contribution >= 4 is 29.0 Å². The van der Waals surface area contributed by atoms with E-state index in [9.17, 15) is 9.59 Å². The Hall–Kier alpha value is -3.61. The van der Waals surface area contributed by atoms with Gasteiger partial charge in [-0.3, -0.25) is 4.79 Å². The second-order valence-corrected chi connectivity index (χ2v) is 6.65. The summed E-state index contributed by atoms with van der Waals surface area (Å²) in [5, 5.41) is 8.44. The molecule has 1 aromatic heterocycles.